The SMILES string of the molecule is CCCCCCCCC(C)COc1ccc(-c2c3/c(=C(\C#N)C4Nc5ccccc5O4)n(B(c4ccccc4)c4ccccc4)c(-c4ccc(OCC(C)CCCC)cc4)c3/c(=C(\C#N)c3nc4ccccc4o3)n2B(c2ccccc2)c2ccccc2)cc1. The number of rotatable bonds is 26. The van der Waals surface area contributed by atoms with Crippen LogP contribution >= 0.6 is 0 Å². The molecule has 3 atom stereocenters. The first kappa shape index (κ1) is 60.4. The van der Waals surface area contributed by atoms with Gasteiger partial charge in [0.15, 0.2) is 5.58 Å². The third kappa shape index (κ3) is 12.8. The van der Waals surface area contributed by atoms with Crippen molar-refractivity contribution in [1.82, 2.24) is 13.9 Å². The van der Waals surface area contributed by atoms with E-state index in [2.05, 4.69) is 200 Å². The Morgan fingerprint density at radius 3 is 1.48 bits per heavy atom. The number of anilines is 1. The van der Waals surface area contributed by atoms with E-state index in [1.807, 2.05) is 72.8 Å². The lowest BCUT2D eigenvalue weighted by molar-refractivity contribution is 0.249. The molecule has 3 unspecified atom stereocenters. The summed E-state index contributed by atoms with van der Waals surface area (Å²) < 4.78 is 31.7. The molecule has 0 radical (unpaired) electrons. The van der Waals surface area contributed by atoms with Crippen LogP contribution in [-0.4, -0.2) is 47.1 Å². The first-order valence-corrected chi connectivity index (χ1v) is 32.3. The van der Waals surface area contributed by atoms with E-state index in [1.165, 1.54) is 38.5 Å². The molecule has 11 aromatic rings. The predicted molar refractivity (Wildman–Crippen MR) is 369 cm³/mol. The van der Waals surface area contributed by atoms with Crippen molar-refractivity contribution in [2.45, 2.75) is 98.1 Å². The maximum atomic E-state index is 12.4. The van der Waals surface area contributed by atoms with Gasteiger partial charge in [-0.1, -0.05) is 247 Å². The molecule has 0 spiro atoms. The Morgan fingerprint density at radius 2 is 0.978 bits per heavy atom. The van der Waals surface area contributed by atoms with Crippen molar-refractivity contribution in [2.24, 2.45) is 11.8 Å². The Balaban J connectivity index is 1.26. The standard InChI is InChI=1S/C78H76B2N6O4/c1-5-7-9-10-11-16-30-56(4)54-88-64-49-45-58(46-50-64)74-72-71(75(65(51-81)77-83-67-39-25-27-41-69(67)89-77)86(74)80(61-35-21-14-22-36-61)62-37-23-15-24-38-62)73(57-43-47-63(48-44-57)87-53-55(3)29-8-6-2)85(79(59-31-17-12-18-32-59)60-33-19-13-20-34-60)76(72)66(52-82)78-84-68-40-26-28-42-70(68)90-78/h12-15,17-28,31-50,55-56,78,84H,5-11,16,29-30,53-54H2,1-4H3/b75-65-,76-66-. The molecule has 0 saturated heterocycles. The lowest BCUT2D eigenvalue weighted by Crippen LogP contribution is -2.54. The molecule has 1 aliphatic heterocycles. The van der Waals surface area contributed by atoms with Crippen LogP contribution in [-0.2, 0) is 0 Å². The van der Waals surface area contributed by atoms with Crippen LogP contribution in [0.25, 0.3) is 55.5 Å². The smallest absolute Gasteiger partial charge is 0.328 e. The number of aromatic nitrogens is 3. The number of nitrogens with one attached hydrogen (secondary N) is 1. The summed E-state index contributed by atoms with van der Waals surface area (Å²) in [5.74, 6) is 3.02. The van der Waals surface area contributed by atoms with Crippen molar-refractivity contribution in [3.8, 4) is 51.9 Å². The number of ether oxygens (including phenoxy) is 3. The number of nitrogens with zero attached hydrogens (tertiary/aromatic N) is 5. The summed E-state index contributed by atoms with van der Waals surface area (Å²) in [6, 6.07) is 79.6. The molecular weight excluding hydrogens is 1110 g/mol. The highest BCUT2D eigenvalue weighted by molar-refractivity contribution is 6.85. The lowest BCUT2D eigenvalue weighted by atomic mass is 9.50. The normalized spacial score (nSPS) is 14.0. The summed E-state index contributed by atoms with van der Waals surface area (Å²) in [5.41, 5.74) is 9.52. The Hall–Kier alpha value is -9.90. The first-order valence-electron chi connectivity index (χ1n) is 32.3. The van der Waals surface area contributed by atoms with Gasteiger partial charge >= 0.3 is 13.7 Å². The fourth-order valence-electron chi connectivity index (χ4n) is 12.9. The molecule has 90 heavy (non-hydrogen) atoms. The monoisotopic (exact) mass is 1180 g/mol. The highest BCUT2D eigenvalue weighted by Crippen LogP contribution is 2.39. The summed E-state index contributed by atoms with van der Waals surface area (Å²) in [7, 11) is 0. The zero-order chi connectivity index (χ0) is 61.8. The maximum Gasteiger partial charge on any atom is 0.328 e. The van der Waals surface area contributed by atoms with E-state index in [0.717, 1.165) is 92.6 Å². The van der Waals surface area contributed by atoms with E-state index in [0.29, 0.717) is 63.6 Å². The fourth-order valence-corrected chi connectivity index (χ4v) is 12.9. The lowest BCUT2D eigenvalue weighted by Gasteiger charge is -2.25. The van der Waals surface area contributed by atoms with Gasteiger partial charge in [-0.3, -0.25) is 0 Å². The zero-order valence-corrected chi connectivity index (χ0v) is 52.0. The third-order valence-corrected chi connectivity index (χ3v) is 17.5. The largest absolute Gasteiger partial charge is 0.493 e. The van der Waals surface area contributed by atoms with Crippen molar-refractivity contribution >= 4 is 74.3 Å². The second-order valence-electron chi connectivity index (χ2n) is 24.0. The van der Waals surface area contributed by atoms with E-state index < -0.39 is 19.9 Å². The minimum absolute atomic E-state index is 0.161. The average molecular weight is 1180 g/mol. The van der Waals surface area contributed by atoms with Crippen LogP contribution in [0.3, 0.4) is 0 Å². The van der Waals surface area contributed by atoms with Gasteiger partial charge in [-0.2, -0.15) is 10.5 Å². The fraction of sp³-hybridized carbons (Fsp3) is 0.244. The molecule has 3 aromatic heterocycles. The van der Waals surface area contributed by atoms with Crippen molar-refractivity contribution in [3.05, 3.63) is 235 Å². The Bertz CT molecular complexity index is 4280. The van der Waals surface area contributed by atoms with Gasteiger partial charge < -0.3 is 32.9 Å². The van der Waals surface area contributed by atoms with Crippen molar-refractivity contribution in [1.29, 1.82) is 10.5 Å². The van der Waals surface area contributed by atoms with Crippen LogP contribution in [0, 0.1) is 34.5 Å². The van der Waals surface area contributed by atoms with Crippen LogP contribution < -0.4 is 52.1 Å². The van der Waals surface area contributed by atoms with Crippen molar-refractivity contribution in [3.63, 3.8) is 0 Å². The highest BCUT2D eigenvalue weighted by Gasteiger charge is 2.39. The van der Waals surface area contributed by atoms with Crippen LogP contribution in [0.15, 0.2) is 223 Å². The molecule has 0 bridgehead atoms. The van der Waals surface area contributed by atoms with Gasteiger partial charge in [0.05, 0.1) is 29.6 Å². The molecular formula is C78H76B2N6O4. The number of hydrogen-bond donors (Lipinski definition) is 1. The topological polar surface area (TPSA) is 123 Å². The number of benzene rings is 8. The minimum atomic E-state index is -0.945. The minimum Gasteiger partial charge on any atom is -0.493 e. The third-order valence-electron chi connectivity index (χ3n) is 17.5. The summed E-state index contributed by atoms with van der Waals surface area (Å²) >= 11 is 0. The molecule has 0 amide bonds. The zero-order valence-electron chi connectivity index (χ0n) is 52.0. The molecule has 8 aromatic carbocycles. The molecule has 12 heteroatoms. The second-order valence-corrected chi connectivity index (χ2v) is 24.0. The van der Waals surface area contributed by atoms with Crippen molar-refractivity contribution in [2.75, 3.05) is 18.5 Å². The van der Waals surface area contributed by atoms with Gasteiger partial charge in [0.25, 0.3) is 0 Å². The Morgan fingerprint density at radius 1 is 0.522 bits per heavy atom. The van der Waals surface area contributed by atoms with E-state index in [9.17, 15) is 10.5 Å². The summed E-state index contributed by atoms with van der Waals surface area (Å²) in [6.07, 6.45) is 11.0. The Kier molecular flexibility index (Phi) is 19.1. The molecule has 12 rings (SSSR count). The molecule has 448 valence electrons. The van der Waals surface area contributed by atoms with Gasteiger partial charge in [0, 0.05) is 22.2 Å². The number of fused-ring (bicyclic) bond motifs is 3. The van der Waals surface area contributed by atoms with Crippen molar-refractivity contribution < 1.29 is 18.6 Å². The predicted octanol–water partition coefficient (Wildman–Crippen LogP) is 14.4. The molecule has 10 nitrogen and oxygen atoms in total. The molecule has 0 saturated carbocycles. The second kappa shape index (κ2) is 28.5. The number of para-hydroxylation sites is 4. The quantitative estimate of drug-likeness (QED) is 0.0420. The van der Waals surface area contributed by atoms with Crippen LogP contribution in [0.1, 0.15) is 97.8 Å². The summed E-state index contributed by atoms with van der Waals surface area (Å²) in [6.45, 7) is 9.03. The van der Waals surface area contributed by atoms with Gasteiger partial charge in [-0.25, -0.2) is 4.98 Å². The van der Waals surface area contributed by atoms with Crippen LogP contribution in [0.5, 0.6) is 17.2 Å². The van der Waals surface area contributed by atoms with Crippen LogP contribution in [0.2, 0.25) is 0 Å². The molecule has 4 heterocycles. The first-order chi connectivity index (χ1) is 44.3. The van der Waals surface area contributed by atoms with Gasteiger partial charge in [0.1, 0.15) is 46.0 Å². The number of oxazole rings is 1. The molecule has 0 aliphatic carbocycles. The molecule has 1 aliphatic rings. The maximum absolute atomic E-state index is 12.4. The van der Waals surface area contributed by atoms with Gasteiger partial charge in [-0.05, 0) is 109 Å². The van der Waals surface area contributed by atoms with E-state index in [-0.39, 0.29) is 11.5 Å². The van der Waals surface area contributed by atoms with Gasteiger partial charge in [0.2, 0.25) is 12.1 Å². The summed E-state index contributed by atoms with van der Waals surface area (Å²) in [4.78, 5) is 5.17. The highest BCUT2D eigenvalue weighted by atomic mass is 16.5. The number of unbranched alkanes of at least 4 members (excludes halogenated alkanes) is 6. The summed E-state index contributed by atoms with van der Waals surface area (Å²) in [5, 5.41) is 31.0. The number of nitriles is 2. The molecule has 0 fully saturated rings. The average Bonchev–Trinajstić information content (AvgIpc) is 1.52. The Labute approximate surface area is 529 Å². The molecule has 1 N–H and O–H groups in total. The number of hydrogen-bond acceptors (Lipinski definition) is 8. The van der Waals surface area contributed by atoms with Crippen LogP contribution in [0.4, 0.5) is 5.69 Å². The van der Waals surface area contributed by atoms with Gasteiger partial charge in [-0.15, -0.1) is 0 Å². The van der Waals surface area contributed by atoms with E-state index in [1.54, 1.807) is 0 Å². The van der Waals surface area contributed by atoms with E-state index >= 15 is 0 Å². The van der Waals surface area contributed by atoms with E-state index in [4.69, 9.17) is 23.6 Å².